The highest BCUT2D eigenvalue weighted by atomic mass is 19.1. The zero-order valence-corrected chi connectivity index (χ0v) is 20.0. The SMILES string of the molecule is C[C@H](Cc1n[nH]c(=O)c2c1CCCC2)c1ccc(F)c(-c2cccc(C(=O)N3CCOCC3)c2)c1. The fraction of sp³-hybridized carbons (Fsp3) is 0.393. The number of rotatable bonds is 5. The summed E-state index contributed by atoms with van der Waals surface area (Å²) in [5, 5.41) is 7.03. The normalized spacial score (nSPS) is 16.6. The third-order valence-corrected chi connectivity index (χ3v) is 7.16. The van der Waals surface area contributed by atoms with Crippen LogP contribution in [0.3, 0.4) is 0 Å². The lowest BCUT2D eigenvalue weighted by molar-refractivity contribution is 0.0303. The predicted molar refractivity (Wildman–Crippen MR) is 132 cm³/mol. The second kappa shape index (κ2) is 10.1. The van der Waals surface area contributed by atoms with E-state index in [4.69, 9.17) is 4.74 Å². The molecule has 35 heavy (non-hydrogen) atoms. The van der Waals surface area contributed by atoms with Gasteiger partial charge < -0.3 is 9.64 Å². The Morgan fingerprint density at radius 1 is 1.11 bits per heavy atom. The molecule has 1 amide bonds. The van der Waals surface area contributed by atoms with E-state index in [0.717, 1.165) is 48.1 Å². The van der Waals surface area contributed by atoms with E-state index < -0.39 is 0 Å². The number of H-pyrrole nitrogens is 1. The fourth-order valence-corrected chi connectivity index (χ4v) is 5.14. The van der Waals surface area contributed by atoms with E-state index in [1.807, 2.05) is 18.2 Å². The summed E-state index contributed by atoms with van der Waals surface area (Å²) >= 11 is 0. The first-order valence-electron chi connectivity index (χ1n) is 12.4. The van der Waals surface area contributed by atoms with E-state index in [9.17, 15) is 14.0 Å². The Balaban J connectivity index is 1.41. The number of aromatic nitrogens is 2. The number of fused-ring (bicyclic) bond motifs is 1. The van der Waals surface area contributed by atoms with Crippen molar-refractivity contribution in [2.75, 3.05) is 26.3 Å². The highest BCUT2D eigenvalue weighted by molar-refractivity contribution is 5.95. The highest BCUT2D eigenvalue weighted by Gasteiger charge is 2.22. The third kappa shape index (κ3) is 4.91. The molecule has 1 fully saturated rings. The van der Waals surface area contributed by atoms with Gasteiger partial charge in [0.15, 0.2) is 0 Å². The van der Waals surface area contributed by atoms with E-state index >= 15 is 0 Å². The maximum Gasteiger partial charge on any atom is 0.267 e. The summed E-state index contributed by atoms with van der Waals surface area (Å²) < 4.78 is 20.3. The largest absolute Gasteiger partial charge is 0.378 e. The summed E-state index contributed by atoms with van der Waals surface area (Å²) in [5.41, 5.74) is 5.49. The van der Waals surface area contributed by atoms with Crippen molar-refractivity contribution >= 4 is 5.91 Å². The first-order valence-corrected chi connectivity index (χ1v) is 12.4. The van der Waals surface area contributed by atoms with Crippen molar-refractivity contribution in [2.24, 2.45) is 0 Å². The molecule has 5 rings (SSSR count). The molecule has 0 saturated carbocycles. The number of morpholine rings is 1. The Morgan fingerprint density at radius 2 is 1.89 bits per heavy atom. The maximum absolute atomic E-state index is 14.9. The van der Waals surface area contributed by atoms with Gasteiger partial charge in [0.05, 0.1) is 18.9 Å². The molecule has 0 unspecified atom stereocenters. The molecule has 1 aliphatic carbocycles. The van der Waals surface area contributed by atoms with Gasteiger partial charge in [0, 0.05) is 29.8 Å². The number of aromatic amines is 1. The maximum atomic E-state index is 14.9. The van der Waals surface area contributed by atoms with Crippen LogP contribution in [0.2, 0.25) is 0 Å². The Morgan fingerprint density at radius 3 is 2.69 bits per heavy atom. The van der Waals surface area contributed by atoms with Gasteiger partial charge in [0.2, 0.25) is 0 Å². The van der Waals surface area contributed by atoms with Crippen LogP contribution in [0.4, 0.5) is 4.39 Å². The molecule has 1 N–H and O–H groups in total. The zero-order valence-electron chi connectivity index (χ0n) is 20.0. The molecule has 7 heteroatoms. The lowest BCUT2D eigenvalue weighted by atomic mass is 9.87. The number of benzene rings is 2. The summed E-state index contributed by atoms with van der Waals surface area (Å²) in [4.78, 5) is 26.9. The van der Waals surface area contributed by atoms with Crippen molar-refractivity contribution in [3.63, 3.8) is 0 Å². The van der Waals surface area contributed by atoms with Crippen molar-refractivity contribution in [1.82, 2.24) is 15.1 Å². The average Bonchev–Trinajstić information content (AvgIpc) is 2.91. The van der Waals surface area contributed by atoms with Gasteiger partial charge in [-0.25, -0.2) is 9.49 Å². The molecule has 2 aromatic carbocycles. The monoisotopic (exact) mass is 475 g/mol. The summed E-state index contributed by atoms with van der Waals surface area (Å²) in [6.07, 6.45) is 4.45. The Bertz CT molecular complexity index is 1300. The van der Waals surface area contributed by atoms with E-state index in [-0.39, 0.29) is 23.2 Å². The van der Waals surface area contributed by atoms with Gasteiger partial charge in [-0.1, -0.05) is 25.1 Å². The van der Waals surface area contributed by atoms with Crippen molar-refractivity contribution in [1.29, 1.82) is 0 Å². The minimum Gasteiger partial charge on any atom is -0.378 e. The van der Waals surface area contributed by atoms with E-state index in [1.165, 1.54) is 6.07 Å². The number of nitrogens with one attached hydrogen (secondary N) is 1. The van der Waals surface area contributed by atoms with Gasteiger partial charge in [-0.05, 0) is 79.0 Å². The average molecular weight is 476 g/mol. The molecule has 0 bridgehead atoms. The Labute approximate surface area is 204 Å². The fourth-order valence-electron chi connectivity index (χ4n) is 5.14. The van der Waals surface area contributed by atoms with Crippen LogP contribution in [0.1, 0.15) is 58.4 Å². The van der Waals surface area contributed by atoms with Gasteiger partial charge in [-0.2, -0.15) is 5.10 Å². The van der Waals surface area contributed by atoms with Crippen molar-refractivity contribution in [2.45, 2.75) is 44.9 Å². The lowest BCUT2D eigenvalue weighted by Gasteiger charge is -2.27. The smallest absolute Gasteiger partial charge is 0.267 e. The standard InChI is InChI=1S/C28H30FN3O3/c1-18(15-26-22-7-2-3-8-23(22)27(33)31-30-26)19-9-10-25(29)24(17-19)20-5-4-6-21(16-20)28(34)32-11-13-35-14-12-32/h4-6,9-10,16-18H,2-3,7-8,11-15H2,1H3,(H,31,33)/t18-/m1/s1. The summed E-state index contributed by atoms with van der Waals surface area (Å²) in [5.74, 6) is -0.303. The van der Waals surface area contributed by atoms with Crippen LogP contribution in [-0.2, 0) is 24.0 Å². The van der Waals surface area contributed by atoms with Crippen LogP contribution in [0.5, 0.6) is 0 Å². The second-order valence-corrected chi connectivity index (χ2v) is 9.49. The number of hydrogen-bond acceptors (Lipinski definition) is 4. The van der Waals surface area contributed by atoms with Gasteiger partial charge >= 0.3 is 0 Å². The van der Waals surface area contributed by atoms with Crippen LogP contribution in [0, 0.1) is 5.82 Å². The summed E-state index contributed by atoms with van der Waals surface area (Å²) in [7, 11) is 0. The van der Waals surface area contributed by atoms with Gasteiger partial charge in [-0.15, -0.1) is 0 Å². The van der Waals surface area contributed by atoms with E-state index in [1.54, 1.807) is 23.1 Å². The molecule has 2 aliphatic rings. The van der Waals surface area contributed by atoms with Gasteiger partial charge in [0.1, 0.15) is 5.82 Å². The first-order chi connectivity index (χ1) is 17.0. The minimum atomic E-state index is -0.323. The van der Waals surface area contributed by atoms with Gasteiger partial charge in [-0.3, -0.25) is 9.59 Å². The molecule has 2 heterocycles. The molecule has 1 aliphatic heterocycles. The molecule has 0 spiro atoms. The Hall–Kier alpha value is -3.32. The Kier molecular flexibility index (Phi) is 6.77. The predicted octanol–water partition coefficient (Wildman–Crippen LogP) is 4.27. The number of carbonyl (C=O) groups is 1. The van der Waals surface area contributed by atoms with E-state index in [2.05, 4.69) is 17.1 Å². The number of amides is 1. The van der Waals surface area contributed by atoms with Crippen molar-refractivity contribution in [3.05, 3.63) is 86.6 Å². The molecular weight excluding hydrogens is 445 g/mol. The molecule has 3 aromatic rings. The topological polar surface area (TPSA) is 75.3 Å². The number of hydrogen-bond donors (Lipinski definition) is 1. The second-order valence-electron chi connectivity index (χ2n) is 9.49. The van der Waals surface area contributed by atoms with Crippen LogP contribution in [0.25, 0.3) is 11.1 Å². The molecule has 182 valence electrons. The molecular formula is C28H30FN3O3. The van der Waals surface area contributed by atoms with Crippen LogP contribution in [-0.4, -0.2) is 47.3 Å². The molecule has 1 atom stereocenters. The summed E-state index contributed by atoms with van der Waals surface area (Å²) in [6.45, 7) is 4.29. The number of nitrogens with zero attached hydrogens (tertiary/aromatic N) is 2. The van der Waals surface area contributed by atoms with Crippen LogP contribution in [0.15, 0.2) is 47.3 Å². The third-order valence-electron chi connectivity index (χ3n) is 7.16. The van der Waals surface area contributed by atoms with Crippen LogP contribution >= 0.6 is 0 Å². The zero-order chi connectivity index (χ0) is 24.4. The number of halogens is 1. The van der Waals surface area contributed by atoms with Crippen molar-refractivity contribution < 1.29 is 13.9 Å². The number of ether oxygens (including phenoxy) is 1. The van der Waals surface area contributed by atoms with Crippen LogP contribution < -0.4 is 5.56 Å². The van der Waals surface area contributed by atoms with E-state index in [0.29, 0.717) is 49.4 Å². The van der Waals surface area contributed by atoms with Gasteiger partial charge in [0.25, 0.3) is 11.5 Å². The quantitative estimate of drug-likeness (QED) is 0.598. The van der Waals surface area contributed by atoms with Crippen molar-refractivity contribution in [3.8, 4) is 11.1 Å². The molecule has 0 radical (unpaired) electrons. The molecule has 1 saturated heterocycles. The molecule has 6 nitrogen and oxygen atoms in total. The first kappa shape index (κ1) is 23.4. The lowest BCUT2D eigenvalue weighted by Crippen LogP contribution is -2.40. The number of carbonyl (C=O) groups excluding carboxylic acids is 1. The summed E-state index contributed by atoms with van der Waals surface area (Å²) in [6, 6.07) is 12.4. The molecule has 1 aromatic heterocycles. The minimum absolute atomic E-state index is 0.0611. The highest BCUT2D eigenvalue weighted by Crippen LogP contribution is 2.30.